The summed E-state index contributed by atoms with van der Waals surface area (Å²) >= 11 is 0. The Bertz CT molecular complexity index is 1200. The van der Waals surface area contributed by atoms with E-state index in [0.717, 1.165) is 30.5 Å². The van der Waals surface area contributed by atoms with Crippen LogP contribution >= 0.6 is 0 Å². The zero-order valence-electron chi connectivity index (χ0n) is 17.7. The molecule has 1 aromatic heterocycles. The second kappa shape index (κ2) is 9.00. The van der Waals surface area contributed by atoms with Crippen LogP contribution in [-0.2, 0) is 12.7 Å². The summed E-state index contributed by atoms with van der Waals surface area (Å²) in [5, 5.41) is 9.34. The molecule has 1 aliphatic carbocycles. The molecule has 2 N–H and O–H groups in total. The molecule has 0 bridgehead atoms. The van der Waals surface area contributed by atoms with E-state index < -0.39 is 17.8 Å². The first-order chi connectivity index (χ1) is 15.8. The zero-order chi connectivity index (χ0) is 23.6. The number of anilines is 1. The Labute approximate surface area is 187 Å². The summed E-state index contributed by atoms with van der Waals surface area (Å²) in [7, 11) is 1.57. The highest BCUT2D eigenvalue weighted by Crippen LogP contribution is 2.36. The van der Waals surface area contributed by atoms with E-state index in [1.54, 1.807) is 23.8 Å². The van der Waals surface area contributed by atoms with Crippen molar-refractivity contribution < 1.29 is 22.7 Å². The number of benzene rings is 2. The van der Waals surface area contributed by atoms with Crippen LogP contribution in [0.2, 0.25) is 0 Å². The lowest BCUT2D eigenvalue weighted by Gasteiger charge is -2.10. The number of hydrogen-bond donors (Lipinski definition) is 2. The fourth-order valence-electron chi connectivity index (χ4n) is 3.39. The minimum absolute atomic E-state index is 0.0132. The molecule has 0 aliphatic heterocycles. The molecule has 0 unspecified atom stereocenters. The van der Waals surface area contributed by atoms with Gasteiger partial charge in [-0.2, -0.15) is 13.2 Å². The van der Waals surface area contributed by atoms with E-state index in [-0.39, 0.29) is 30.5 Å². The molecule has 1 heterocycles. The fraction of sp³-hybridized carbons (Fsp3) is 0.318. The van der Waals surface area contributed by atoms with Gasteiger partial charge in [0.15, 0.2) is 5.82 Å². The maximum Gasteiger partial charge on any atom is 0.416 e. The van der Waals surface area contributed by atoms with Crippen LogP contribution in [0.4, 0.5) is 23.7 Å². The lowest BCUT2D eigenvalue weighted by molar-refractivity contribution is -0.137. The normalized spacial score (nSPS) is 13.6. The average molecular weight is 461 g/mol. The van der Waals surface area contributed by atoms with Crippen molar-refractivity contribution in [2.45, 2.75) is 31.6 Å². The summed E-state index contributed by atoms with van der Waals surface area (Å²) in [5.41, 5.74) is -0.347. The predicted molar refractivity (Wildman–Crippen MR) is 115 cm³/mol. The van der Waals surface area contributed by atoms with Crippen molar-refractivity contribution in [3.63, 3.8) is 0 Å². The van der Waals surface area contributed by atoms with Gasteiger partial charge in [0, 0.05) is 23.8 Å². The van der Waals surface area contributed by atoms with Crippen molar-refractivity contribution in [1.82, 2.24) is 19.7 Å². The largest absolute Gasteiger partial charge is 0.497 e. The molecular weight excluding hydrogens is 439 g/mol. The second-order valence-corrected chi connectivity index (χ2v) is 7.62. The van der Waals surface area contributed by atoms with Gasteiger partial charge >= 0.3 is 17.9 Å². The van der Waals surface area contributed by atoms with Crippen molar-refractivity contribution in [2.24, 2.45) is 0 Å². The number of halogens is 3. The number of rotatable bonds is 7. The molecule has 1 saturated carbocycles. The molecule has 0 saturated heterocycles. The number of amides is 2. The average Bonchev–Trinajstić information content (AvgIpc) is 3.57. The van der Waals surface area contributed by atoms with Crippen LogP contribution in [-0.4, -0.2) is 34.0 Å². The van der Waals surface area contributed by atoms with E-state index in [0.29, 0.717) is 11.6 Å². The predicted octanol–water partition coefficient (Wildman–Crippen LogP) is 3.90. The molecule has 0 atom stereocenters. The lowest BCUT2D eigenvalue weighted by Crippen LogP contribution is -2.34. The molecule has 33 heavy (non-hydrogen) atoms. The van der Waals surface area contributed by atoms with Crippen LogP contribution in [0.5, 0.6) is 5.75 Å². The Morgan fingerprint density at radius 3 is 2.55 bits per heavy atom. The Morgan fingerprint density at radius 2 is 1.91 bits per heavy atom. The van der Waals surface area contributed by atoms with Gasteiger partial charge in [-0.05, 0) is 55.3 Å². The molecule has 8 nitrogen and oxygen atoms in total. The van der Waals surface area contributed by atoms with Gasteiger partial charge < -0.3 is 15.4 Å². The van der Waals surface area contributed by atoms with Crippen molar-refractivity contribution >= 4 is 11.7 Å². The van der Waals surface area contributed by atoms with Gasteiger partial charge in [0.1, 0.15) is 5.75 Å². The van der Waals surface area contributed by atoms with Crippen molar-refractivity contribution in [3.8, 4) is 17.1 Å². The molecular formula is C22H22F3N5O3. The quantitative estimate of drug-likeness (QED) is 0.559. The smallest absolute Gasteiger partial charge is 0.416 e. The third-order valence-corrected chi connectivity index (χ3v) is 5.19. The number of hydrogen-bond acceptors (Lipinski definition) is 4. The summed E-state index contributed by atoms with van der Waals surface area (Å²) in [6.45, 7) is 0.173. The monoisotopic (exact) mass is 461 g/mol. The first-order valence-electron chi connectivity index (χ1n) is 10.3. The zero-order valence-corrected chi connectivity index (χ0v) is 17.7. The topological polar surface area (TPSA) is 90.2 Å². The van der Waals surface area contributed by atoms with Gasteiger partial charge in [-0.25, -0.2) is 14.3 Å². The molecule has 1 fully saturated rings. The molecule has 4 rings (SSSR count). The van der Waals surface area contributed by atoms with Crippen LogP contribution in [0.25, 0.3) is 11.4 Å². The third-order valence-electron chi connectivity index (χ3n) is 5.19. The molecule has 11 heteroatoms. The minimum Gasteiger partial charge on any atom is -0.497 e. The van der Waals surface area contributed by atoms with E-state index in [2.05, 4.69) is 15.7 Å². The molecule has 3 aromatic rings. The summed E-state index contributed by atoms with van der Waals surface area (Å²) in [5.74, 6) is 1.23. The van der Waals surface area contributed by atoms with E-state index in [9.17, 15) is 22.8 Å². The second-order valence-electron chi connectivity index (χ2n) is 7.62. The third kappa shape index (κ3) is 5.18. The number of nitrogens with zero attached hydrogens (tertiary/aromatic N) is 3. The van der Waals surface area contributed by atoms with Crippen molar-refractivity contribution in [1.29, 1.82) is 0 Å². The summed E-state index contributed by atoms with van der Waals surface area (Å²) < 4.78 is 46.5. The first-order valence-corrected chi connectivity index (χ1v) is 10.3. The maximum atomic E-state index is 12.9. The van der Waals surface area contributed by atoms with Gasteiger partial charge in [0.05, 0.1) is 19.2 Å². The molecule has 174 valence electrons. The van der Waals surface area contributed by atoms with Crippen LogP contribution in [0.3, 0.4) is 0 Å². The van der Waals surface area contributed by atoms with E-state index in [1.165, 1.54) is 16.8 Å². The van der Waals surface area contributed by atoms with Crippen molar-refractivity contribution in [2.75, 3.05) is 19.0 Å². The van der Waals surface area contributed by atoms with E-state index in [4.69, 9.17) is 4.74 Å². The number of carbonyl (C=O) groups excluding carboxylic acids is 1. The summed E-state index contributed by atoms with van der Waals surface area (Å²) in [4.78, 5) is 25.0. The first kappa shape index (κ1) is 22.4. The molecule has 2 aromatic carbocycles. The number of methoxy groups -OCH3 is 1. The summed E-state index contributed by atoms with van der Waals surface area (Å²) in [6, 6.07) is 11.0. The van der Waals surface area contributed by atoms with Gasteiger partial charge in [-0.1, -0.05) is 6.07 Å². The van der Waals surface area contributed by atoms with Gasteiger partial charge in [0.25, 0.3) is 0 Å². The van der Waals surface area contributed by atoms with Crippen molar-refractivity contribution in [3.05, 3.63) is 64.6 Å². The minimum atomic E-state index is -4.50. The maximum absolute atomic E-state index is 12.9. The van der Waals surface area contributed by atoms with Crippen LogP contribution < -0.4 is 21.1 Å². The summed E-state index contributed by atoms with van der Waals surface area (Å²) in [6.07, 6.45) is -2.71. The highest BCUT2D eigenvalue weighted by atomic mass is 19.4. The molecule has 0 radical (unpaired) electrons. The van der Waals surface area contributed by atoms with E-state index >= 15 is 0 Å². The lowest BCUT2D eigenvalue weighted by atomic mass is 10.2. The highest BCUT2D eigenvalue weighted by Gasteiger charge is 2.31. The van der Waals surface area contributed by atoms with Gasteiger partial charge in [0.2, 0.25) is 0 Å². The standard InChI is InChI=1S/C22H22F3N5O3/c1-33-18-9-5-14(6-10-18)19-28-29(21(32)30(19)17-7-8-17)12-11-26-20(31)27-16-4-2-3-15(13-16)22(23,24)25/h2-6,9-10,13,17H,7-8,11-12H2,1H3,(H2,26,27,31). The van der Waals surface area contributed by atoms with Crippen LogP contribution in [0, 0.1) is 0 Å². The van der Waals surface area contributed by atoms with Gasteiger partial charge in [-0.3, -0.25) is 4.57 Å². The van der Waals surface area contributed by atoms with Crippen LogP contribution in [0.15, 0.2) is 53.3 Å². The number of urea groups is 1. The van der Waals surface area contributed by atoms with Crippen LogP contribution in [0.1, 0.15) is 24.4 Å². The molecule has 0 spiro atoms. The van der Waals surface area contributed by atoms with Gasteiger partial charge in [-0.15, -0.1) is 5.10 Å². The van der Waals surface area contributed by atoms with E-state index in [1.807, 2.05) is 12.1 Å². The SMILES string of the molecule is COc1ccc(-c2nn(CCNC(=O)Nc3cccc(C(F)(F)F)c3)c(=O)n2C2CC2)cc1. The number of ether oxygens (including phenoxy) is 1. The Hall–Kier alpha value is -3.76. The number of alkyl halides is 3. The molecule has 1 aliphatic rings. The Morgan fingerprint density at radius 1 is 1.18 bits per heavy atom. The fourth-order valence-corrected chi connectivity index (χ4v) is 3.39. The number of aromatic nitrogens is 3. The Kier molecular flexibility index (Phi) is 6.12. The highest BCUT2D eigenvalue weighted by molar-refractivity contribution is 5.89. The molecule has 2 amide bonds. The Balaban J connectivity index is 1.41. The number of nitrogens with one attached hydrogen (secondary N) is 2. The number of carbonyl (C=O) groups is 1.